The van der Waals surface area contributed by atoms with E-state index in [1.165, 1.54) is 17.8 Å². The molecule has 2 aromatic carbocycles. The smallest absolute Gasteiger partial charge is 0.252 e. The van der Waals surface area contributed by atoms with Gasteiger partial charge in [0.05, 0.1) is 10.5 Å². The molecule has 0 spiro atoms. The van der Waals surface area contributed by atoms with Gasteiger partial charge in [-0.3, -0.25) is 4.79 Å². The van der Waals surface area contributed by atoms with Gasteiger partial charge >= 0.3 is 0 Å². The minimum Gasteiger partial charge on any atom is -0.382 e. The van der Waals surface area contributed by atoms with Crippen LogP contribution in [0.5, 0.6) is 0 Å². The Labute approximate surface area is 212 Å². The predicted molar refractivity (Wildman–Crippen MR) is 137 cm³/mol. The molecule has 0 aliphatic carbocycles. The molecule has 6 nitrogen and oxygen atoms in total. The van der Waals surface area contributed by atoms with Crippen LogP contribution in [0.4, 0.5) is 0 Å². The van der Waals surface area contributed by atoms with Gasteiger partial charge in [-0.25, -0.2) is 8.42 Å². The Kier molecular flexibility index (Phi) is 9.85. The number of nitrogens with one attached hydrogen (secondary N) is 1. The number of sulfonamides is 1. The minimum absolute atomic E-state index is 0.142. The number of carbonyl (C=O) groups is 1. The molecular weight excluding hydrogens is 492 g/mol. The van der Waals surface area contributed by atoms with Crippen LogP contribution in [0.3, 0.4) is 0 Å². The highest BCUT2D eigenvalue weighted by Gasteiger charge is 2.32. The van der Waals surface area contributed by atoms with E-state index in [4.69, 9.17) is 16.3 Å². The highest BCUT2D eigenvalue weighted by Crippen LogP contribution is 2.34. The summed E-state index contributed by atoms with van der Waals surface area (Å²) >= 11 is 7.51. The molecule has 1 aliphatic heterocycles. The molecular formula is C25H33ClN2O4S2. The van der Waals surface area contributed by atoms with E-state index < -0.39 is 10.0 Å². The Morgan fingerprint density at radius 2 is 1.91 bits per heavy atom. The first-order chi connectivity index (χ1) is 16.2. The first-order valence-corrected chi connectivity index (χ1v) is 14.3. The Balaban J connectivity index is 1.90. The summed E-state index contributed by atoms with van der Waals surface area (Å²) in [6, 6.07) is 12.2. The molecule has 1 heterocycles. The summed E-state index contributed by atoms with van der Waals surface area (Å²) in [5.74, 6) is 0.284. The maximum Gasteiger partial charge on any atom is 0.252 e. The van der Waals surface area contributed by atoms with Gasteiger partial charge in [-0.15, -0.1) is 0 Å². The highest BCUT2D eigenvalue weighted by molar-refractivity contribution is 7.99. The van der Waals surface area contributed by atoms with Crippen molar-refractivity contribution in [1.29, 1.82) is 0 Å². The van der Waals surface area contributed by atoms with Gasteiger partial charge in [0.25, 0.3) is 5.91 Å². The van der Waals surface area contributed by atoms with E-state index in [1.807, 2.05) is 25.1 Å². The molecule has 9 heteroatoms. The van der Waals surface area contributed by atoms with Crippen molar-refractivity contribution in [2.24, 2.45) is 11.8 Å². The zero-order valence-electron chi connectivity index (χ0n) is 19.9. The molecule has 0 aromatic heterocycles. The molecule has 2 aromatic rings. The second kappa shape index (κ2) is 12.4. The summed E-state index contributed by atoms with van der Waals surface area (Å²) in [5.41, 5.74) is 0.334. The molecule has 186 valence electrons. The summed E-state index contributed by atoms with van der Waals surface area (Å²) in [6.07, 6.45) is 1.69. The number of benzene rings is 2. The van der Waals surface area contributed by atoms with Crippen molar-refractivity contribution in [2.75, 3.05) is 32.8 Å². The van der Waals surface area contributed by atoms with Crippen LogP contribution in [0, 0.1) is 11.8 Å². The van der Waals surface area contributed by atoms with Crippen LogP contribution in [0.2, 0.25) is 5.02 Å². The molecule has 0 bridgehead atoms. The van der Waals surface area contributed by atoms with E-state index in [0.29, 0.717) is 66.6 Å². The number of hydrogen-bond donors (Lipinski definition) is 1. The molecule has 34 heavy (non-hydrogen) atoms. The number of piperidine rings is 1. The number of halogens is 1. The lowest BCUT2D eigenvalue weighted by atomic mass is 9.94. The predicted octanol–water partition coefficient (Wildman–Crippen LogP) is 5.31. The topological polar surface area (TPSA) is 75.7 Å². The fraction of sp³-hybridized carbons (Fsp3) is 0.480. The van der Waals surface area contributed by atoms with Crippen LogP contribution in [0.1, 0.15) is 44.0 Å². The zero-order valence-corrected chi connectivity index (χ0v) is 22.3. The Bertz CT molecular complexity index is 1080. The molecule has 1 saturated heterocycles. The molecule has 1 aliphatic rings. The van der Waals surface area contributed by atoms with Crippen molar-refractivity contribution in [1.82, 2.24) is 9.62 Å². The number of ether oxygens (including phenoxy) is 1. The summed E-state index contributed by atoms with van der Waals surface area (Å²) in [5, 5.41) is 3.50. The van der Waals surface area contributed by atoms with Crippen LogP contribution in [0.15, 0.2) is 57.2 Å². The first kappa shape index (κ1) is 27.0. The molecule has 1 amide bonds. The number of carbonyl (C=O) groups excluding carboxylic acids is 1. The lowest BCUT2D eigenvalue weighted by Crippen LogP contribution is -2.42. The van der Waals surface area contributed by atoms with E-state index in [0.717, 1.165) is 11.3 Å². The van der Waals surface area contributed by atoms with Gasteiger partial charge in [0.2, 0.25) is 10.0 Å². The SMILES string of the molecule is CCOCCCNC(=O)c1cc(S(=O)(=O)N2C[C@@H](C)C[C@H](C)C2)ccc1Sc1cccc(Cl)c1. The maximum atomic E-state index is 13.5. The maximum absolute atomic E-state index is 13.5. The van der Waals surface area contributed by atoms with Crippen molar-refractivity contribution in [3.8, 4) is 0 Å². The minimum atomic E-state index is -3.71. The third-order valence-corrected chi connectivity index (χ3v) is 8.78. The lowest BCUT2D eigenvalue weighted by Gasteiger charge is -2.34. The highest BCUT2D eigenvalue weighted by atomic mass is 35.5. The van der Waals surface area contributed by atoms with E-state index in [9.17, 15) is 13.2 Å². The molecule has 2 atom stereocenters. The summed E-state index contributed by atoms with van der Waals surface area (Å²) < 4.78 is 33.8. The van der Waals surface area contributed by atoms with Gasteiger partial charge < -0.3 is 10.1 Å². The molecule has 0 saturated carbocycles. The van der Waals surface area contributed by atoms with Crippen molar-refractivity contribution >= 4 is 39.3 Å². The Morgan fingerprint density at radius 3 is 2.59 bits per heavy atom. The molecule has 1 N–H and O–H groups in total. The third-order valence-electron chi connectivity index (χ3n) is 5.65. The number of hydrogen-bond acceptors (Lipinski definition) is 5. The largest absolute Gasteiger partial charge is 0.382 e. The fourth-order valence-corrected chi connectivity index (χ4v) is 7.11. The average Bonchev–Trinajstić information content (AvgIpc) is 2.78. The van der Waals surface area contributed by atoms with Gasteiger partial charge in [-0.1, -0.05) is 43.3 Å². The van der Waals surface area contributed by atoms with Crippen LogP contribution in [-0.2, 0) is 14.8 Å². The van der Waals surface area contributed by atoms with Crippen molar-refractivity contribution in [3.63, 3.8) is 0 Å². The van der Waals surface area contributed by atoms with Gasteiger partial charge in [0, 0.05) is 47.7 Å². The summed E-state index contributed by atoms with van der Waals surface area (Å²) in [4.78, 5) is 14.8. The van der Waals surface area contributed by atoms with Crippen molar-refractivity contribution in [3.05, 3.63) is 53.1 Å². The standard InChI is InChI=1S/C25H33ClN2O4S2/c1-4-32-12-6-11-27-25(29)23-15-22(34(30,31)28-16-18(2)13-19(3)17-28)9-10-24(23)33-21-8-5-7-20(26)14-21/h5,7-10,14-15,18-19H,4,6,11-13,16-17H2,1-3H3,(H,27,29)/t18-,19-/m0/s1. The van der Waals surface area contributed by atoms with E-state index in [1.54, 1.807) is 22.5 Å². The van der Waals surface area contributed by atoms with Gasteiger partial charge in [0.15, 0.2) is 0 Å². The number of amides is 1. The number of nitrogens with zero attached hydrogens (tertiary/aromatic N) is 1. The van der Waals surface area contributed by atoms with Gasteiger partial charge in [-0.2, -0.15) is 4.31 Å². The Hall–Kier alpha value is -1.58. The van der Waals surface area contributed by atoms with E-state index in [-0.39, 0.29) is 10.8 Å². The fourth-order valence-electron chi connectivity index (χ4n) is 4.16. The lowest BCUT2D eigenvalue weighted by molar-refractivity contribution is 0.0941. The van der Waals surface area contributed by atoms with Crippen molar-refractivity contribution < 1.29 is 17.9 Å². The summed E-state index contributed by atoms with van der Waals surface area (Å²) in [7, 11) is -3.71. The monoisotopic (exact) mass is 524 g/mol. The van der Waals surface area contributed by atoms with Crippen LogP contribution >= 0.6 is 23.4 Å². The Morgan fingerprint density at radius 1 is 1.18 bits per heavy atom. The molecule has 0 unspecified atom stereocenters. The zero-order chi connectivity index (χ0) is 24.7. The van der Waals surface area contributed by atoms with Crippen LogP contribution in [-0.4, -0.2) is 51.5 Å². The molecule has 3 rings (SSSR count). The third kappa shape index (κ3) is 7.21. The quantitative estimate of drug-likeness (QED) is 0.426. The summed E-state index contributed by atoms with van der Waals surface area (Å²) in [6.45, 7) is 8.68. The average molecular weight is 525 g/mol. The van der Waals surface area contributed by atoms with Crippen molar-refractivity contribution in [2.45, 2.75) is 48.3 Å². The van der Waals surface area contributed by atoms with Gasteiger partial charge in [-0.05, 0) is 68.0 Å². The van der Waals surface area contributed by atoms with Crippen LogP contribution in [0.25, 0.3) is 0 Å². The van der Waals surface area contributed by atoms with Crippen LogP contribution < -0.4 is 5.32 Å². The molecule has 0 radical (unpaired) electrons. The van der Waals surface area contributed by atoms with E-state index in [2.05, 4.69) is 19.2 Å². The first-order valence-electron chi connectivity index (χ1n) is 11.6. The second-order valence-electron chi connectivity index (χ2n) is 8.79. The molecule has 1 fully saturated rings. The normalized spacial score (nSPS) is 19.2. The van der Waals surface area contributed by atoms with E-state index >= 15 is 0 Å². The second-order valence-corrected chi connectivity index (χ2v) is 12.3. The number of rotatable bonds is 10. The van der Waals surface area contributed by atoms with Gasteiger partial charge in [0.1, 0.15) is 0 Å².